The number of carbonyl (C=O) groups excluding carboxylic acids is 2. The summed E-state index contributed by atoms with van der Waals surface area (Å²) in [5.41, 5.74) is 3.00. The molecule has 0 saturated carbocycles. The number of rotatable bonds is 7. The van der Waals surface area contributed by atoms with Crippen molar-refractivity contribution in [3.63, 3.8) is 0 Å². The van der Waals surface area contributed by atoms with Gasteiger partial charge in [0.2, 0.25) is 0 Å². The SMILES string of the molecule is C=CCNC(=O)c1ccc(NC(=O)N(C)Cc2c(CC)oc3ccccc23)cc1. The molecule has 0 unspecified atom stereocenters. The molecule has 0 aliphatic rings. The number of urea groups is 1. The fourth-order valence-electron chi connectivity index (χ4n) is 3.11. The summed E-state index contributed by atoms with van der Waals surface area (Å²) in [5, 5.41) is 6.60. The highest BCUT2D eigenvalue weighted by Gasteiger charge is 2.17. The number of hydrogen-bond acceptors (Lipinski definition) is 3. The molecule has 3 amide bonds. The lowest BCUT2D eigenvalue weighted by Crippen LogP contribution is -2.31. The predicted octanol–water partition coefficient (Wildman–Crippen LogP) is 4.57. The van der Waals surface area contributed by atoms with Crippen LogP contribution in [0.3, 0.4) is 0 Å². The van der Waals surface area contributed by atoms with Crippen LogP contribution in [0.1, 0.15) is 28.6 Å². The molecule has 29 heavy (non-hydrogen) atoms. The van der Waals surface area contributed by atoms with Crippen LogP contribution >= 0.6 is 0 Å². The molecular weight excluding hydrogens is 366 g/mol. The van der Waals surface area contributed by atoms with Crippen molar-refractivity contribution in [2.24, 2.45) is 0 Å². The molecule has 0 fully saturated rings. The van der Waals surface area contributed by atoms with Crippen LogP contribution in [0.25, 0.3) is 11.0 Å². The number of nitrogens with one attached hydrogen (secondary N) is 2. The molecule has 3 rings (SSSR count). The highest BCUT2D eigenvalue weighted by molar-refractivity contribution is 5.95. The quantitative estimate of drug-likeness (QED) is 0.579. The number of anilines is 1. The van der Waals surface area contributed by atoms with E-state index in [4.69, 9.17) is 4.42 Å². The second-order valence-corrected chi connectivity index (χ2v) is 6.72. The van der Waals surface area contributed by atoms with E-state index in [0.717, 1.165) is 28.7 Å². The van der Waals surface area contributed by atoms with E-state index in [1.54, 1.807) is 42.3 Å². The van der Waals surface area contributed by atoms with Crippen LogP contribution in [-0.4, -0.2) is 30.4 Å². The molecule has 150 valence electrons. The molecule has 2 N–H and O–H groups in total. The number of carbonyl (C=O) groups is 2. The standard InChI is InChI=1S/C23H25N3O3/c1-4-14-24-22(27)16-10-12-17(13-11-16)25-23(28)26(3)15-19-18-8-6-7-9-21(18)29-20(19)5-2/h4,6-13H,1,5,14-15H2,2-3H3,(H,24,27)(H,25,28). The Hall–Kier alpha value is -3.54. The number of furan rings is 1. The predicted molar refractivity (Wildman–Crippen MR) is 115 cm³/mol. The Kier molecular flexibility index (Phi) is 6.34. The molecule has 1 aromatic heterocycles. The van der Waals surface area contributed by atoms with Crippen molar-refractivity contribution in [1.29, 1.82) is 0 Å². The molecule has 0 aliphatic carbocycles. The Morgan fingerprint density at radius 1 is 1.14 bits per heavy atom. The van der Waals surface area contributed by atoms with Crippen molar-refractivity contribution in [2.75, 3.05) is 18.9 Å². The minimum atomic E-state index is -0.235. The second-order valence-electron chi connectivity index (χ2n) is 6.72. The zero-order chi connectivity index (χ0) is 20.8. The van der Waals surface area contributed by atoms with Gasteiger partial charge >= 0.3 is 6.03 Å². The van der Waals surface area contributed by atoms with Crippen LogP contribution in [-0.2, 0) is 13.0 Å². The maximum atomic E-state index is 12.6. The van der Waals surface area contributed by atoms with Gasteiger partial charge in [-0.25, -0.2) is 4.79 Å². The van der Waals surface area contributed by atoms with Gasteiger partial charge in [-0.05, 0) is 30.3 Å². The lowest BCUT2D eigenvalue weighted by atomic mass is 10.1. The number of para-hydroxylation sites is 1. The van der Waals surface area contributed by atoms with Gasteiger partial charge in [-0.2, -0.15) is 0 Å². The Balaban J connectivity index is 1.67. The van der Waals surface area contributed by atoms with Crippen molar-refractivity contribution in [2.45, 2.75) is 19.9 Å². The summed E-state index contributed by atoms with van der Waals surface area (Å²) >= 11 is 0. The average Bonchev–Trinajstić information content (AvgIpc) is 3.10. The summed E-state index contributed by atoms with van der Waals surface area (Å²) in [6.07, 6.45) is 2.38. The van der Waals surface area contributed by atoms with Gasteiger partial charge in [-0.1, -0.05) is 31.2 Å². The van der Waals surface area contributed by atoms with Gasteiger partial charge in [0.25, 0.3) is 5.91 Å². The minimum absolute atomic E-state index is 0.182. The van der Waals surface area contributed by atoms with Gasteiger partial charge in [-0.3, -0.25) is 4.79 Å². The molecule has 0 atom stereocenters. The summed E-state index contributed by atoms with van der Waals surface area (Å²) < 4.78 is 5.91. The normalized spacial score (nSPS) is 10.6. The first-order valence-electron chi connectivity index (χ1n) is 9.54. The highest BCUT2D eigenvalue weighted by Crippen LogP contribution is 2.27. The Labute approximate surface area is 170 Å². The van der Waals surface area contributed by atoms with Crippen LogP contribution in [0.5, 0.6) is 0 Å². The highest BCUT2D eigenvalue weighted by atomic mass is 16.3. The molecule has 1 heterocycles. The third-order valence-electron chi connectivity index (χ3n) is 4.65. The molecule has 0 saturated heterocycles. The van der Waals surface area contributed by atoms with Crippen molar-refractivity contribution in [1.82, 2.24) is 10.2 Å². The fourth-order valence-corrected chi connectivity index (χ4v) is 3.11. The number of hydrogen-bond donors (Lipinski definition) is 2. The van der Waals surface area contributed by atoms with Gasteiger partial charge < -0.3 is 20.0 Å². The first kappa shape index (κ1) is 20.2. The van der Waals surface area contributed by atoms with Gasteiger partial charge in [0.1, 0.15) is 11.3 Å². The number of aryl methyl sites for hydroxylation is 1. The van der Waals surface area contributed by atoms with E-state index >= 15 is 0 Å². The van der Waals surface area contributed by atoms with Crippen molar-refractivity contribution in [3.8, 4) is 0 Å². The first-order chi connectivity index (χ1) is 14.0. The molecule has 0 aliphatic heterocycles. The van der Waals surface area contributed by atoms with Crippen LogP contribution in [0.2, 0.25) is 0 Å². The largest absolute Gasteiger partial charge is 0.461 e. The molecule has 0 radical (unpaired) electrons. The maximum absolute atomic E-state index is 12.6. The number of fused-ring (bicyclic) bond motifs is 1. The number of benzene rings is 2. The van der Waals surface area contributed by atoms with Crippen molar-refractivity contribution in [3.05, 3.63) is 78.1 Å². The maximum Gasteiger partial charge on any atom is 0.321 e. The third-order valence-corrected chi connectivity index (χ3v) is 4.65. The van der Waals surface area contributed by atoms with Gasteiger partial charge in [-0.15, -0.1) is 6.58 Å². The monoisotopic (exact) mass is 391 g/mol. The van der Waals surface area contributed by atoms with Crippen LogP contribution in [0.15, 0.2) is 65.6 Å². The van der Waals surface area contributed by atoms with E-state index in [-0.39, 0.29) is 11.9 Å². The molecule has 3 aromatic rings. The molecule has 0 bridgehead atoms. The van der Waals surface area contributed by atoms with E-state index in [1.807, 2.05) is 31.2 Å². The van der Waals surface area contributed by atoms with E-state index in [9.17, 15) is 9.59 Å². The Morgan fingerprint density at radius 3 is 2.55 bits per heavy atom. The smallest absolute Gasteiger partial charge is 0.321 e. The fraction of sp³-hybridized carbons (Fsp3) is 0.217. The molecule has 2 aromatic carbocycles. The molecular formula is C23H25N3O3. The number of nitrogens with zero attached hydrogens (tertiary/aromatic N) is 1. The van der Waals surface area contributed by atoms with E-state index in [1.165, 1.54) is 0 Å². The van der Waals surface area contributed by atoms with Crippen LogP contribution in [0.4, 0.5) is 10.5 Å². The lowest BCUT2D eigenvalue weighted by Gasteiger charge is -2.18. The topological polar surface area (TPSA) is 74.6 Å². The zero-order valence-corrected chi connectivity index (χ0v) is 16.7. The minimum Gasteiger partial charge on any atom is -0.461 e. The summed E-state index contributed by atoms with van der Waals surface area (Å²) in [7, 11) is 1.74. The summed E-state index contributed by atoms with van der Waals surface area (Å²) in [4.78, 5) is 26.2. The Morgan fingerprint density at radius 2 is 1.86 bits per heavy atom. The molecule has 0 spiro atoms. The van der Waals surface area contributed by atoms with E-state index in [2.05, 4.69) is 17.2 Å². The van der Waals surface area contributed by atoms with Crippen LogP contribution in [0, 0.1) is 0 Å². The zero-order valence-electron chi connectivity index (χ0n) is 16.7. The number of amides is 3. The summed E-state index contributed by atoms with van der Waals surface area (Å²) in [6, 6.07) is 14.4. The van der Waals surface area contributed by atoms with Gasteiger partial charge in [0, 0.05) is 42.2 Å². The van der Waals surface area contributed by atoms with Gasteiger partial charge in [0.05, 0.1) is 6.54 Å². The molecule has 6 heteroatoms. The molecule has 6 nitrogen and oxygen atoms in total. The van der Waals surface area contributed by atoms with Crippen molar-refractivity contribution < 1.29 is 14.0 Å². The second kappa shape index (κ2) is 9.10. The van der Waals surface area contributed by atoms with Crippen LogP contribution < -0.4 is 10.6 Å². The third kappa shape index (κ3) is 4.66. The van der Waals surface area contributed by atoms with Gasteiger partial charge in [0.15, 0.2) is 0 Å². The van der Waals surface area contributed by atoms with E-state index in [0.29, 0.717) is 24.3 Å². The lowest BCUT2D eigenvalue weighted by molar-refractivity contribution is 0.0958. The Bertz CT molecular complexity index is 1020. The average molecular weight is 391 g/mol. The van der Waals surface area contributed by atoms with E-state index < -0.39 is 0 Å². The first-order valence-corrected chi connectivity index (χ1v) is 9.54. The summed E-state index contributed by atoms with van der Waals surface area (Å²) in [6.45, 7) is 6.45. The van der Waals surface area contributed by atoms with Crippen molar-refractivity contribution >= 4 is 28.6 Å². The summed E-state index contributed by atoms with van der Waals surface area (Å²) in [5.74, 6) is 0.708.